The minimum atomic E-state index is -1.06. The Bertz CT molecular complexity index is 696. The van der Waals surface area contributed by atoms with Crippen molar-refractivity contribution < 1.29 is 14.7 Å². The summed E-state index contributed by atoms with van der Waals surface area (Å²) in [5, 5.41) is 12.2. The molecule has 6 heteroatoms. The maximum absolute atomic E-state index is 12.2. The number of amides is 1. The van der Waals surface area contributed by atoms with Crippen LogP contribution in [0.2, 0.25) is 0 Å². The molecule has 2 unspecified atom stereocenters. The van der Waals surface area contributed by atoms with Crippen LogP contribution in [0.5, 0.6) is 0 Å². The maximum Gasteiger partial charge on any atom is 0.340 e. The molecule has 1 amide bonds. The quantitative estimate of drug-likeness (QED) is 0.910. The van der Waals surface area contributed by atoms with E-state index in [0.29, 0.717) is 10.7 Å². The highest BCUT2D eigenvalue weighted by Crippen LogP contribution is 2.48. The predicted octanol–water partition coefficient (Wildman–Crippen LogP) is 2.89. The maximum atomic E-state index is 12.2. The molecule has 1 aromatic heterocycles. The van der Waals surface area contributed by atoms with Gasteiger partial charge in [-0.25, -0.2) is 4.79 Å². The summed E-state index contributed by atoms with van der Waals surface area (Å²) >= 11 is 1.01. The minimum Gasteiger partial charge on any atom is -0.478 e. The van der Waals surface area contributed by atoms with Gasteiger partial charge in [0.05, 0.1) is 5.69 Å². The number of carbonyl (C=O) groups excluding carboxylic acids is 1. The molecule has 0 spiro atoms. The van der Waals surface area contributed by atoms with Gasteiger partial charge in [0.1, 0.15) is 10.6 Å². The Kier molecular flexibility index (Phi) is 3.47. The van der Waals surface area contributed by atoms with Gasteiger partial charge in [-0.2, -0.15) is 4.37 Å². The molecule has 1 saturated carbocycles. The predicted molar refractivity (Wildman–Crippen MR) is 79.7 cm³/mol. The Morgan fingerprint density at radius 3 is 2.71 bits per heavy atom. The van der Waals surface area contributed by atoms with Gasteiger partial charge >= 0.3 is 5.97 Å². The fourth-order valence-electron chi connectivity index (χ4n) is 2.46. The van der Waals surface area contributed by atoms with Crippen LogP contribution in [0.3, 0.4) is 0 Å². The number of carbonyl (C=O) groups is 2. The summed E-state index contributed by atoms with van der Waals surface area (Å²) in [6, 6.07) is 9.88. The van der Waals surface area contributed by atoms with Crippen molar-refractivity contribution in [2.75, 3.05) is 5.32 Å². The second-order valence-corrected chi connectivity index (χ2v) is 5.90. The van der Waals surface area contributed by atoms with Gasteiger partial charge in [0.15, 0.2) is 0 Å². The van der Waals surface area contributed by atoms with E-state index < -0.39 is 5.97 Å². The zero-order chi connectivity index (χ0) is 15.0. The molecule has 2 atom stereocenters. The third kappa shape index (κ3) is 2.67. The smallest absolute Gasteiger partial charge is 0.340 e. The van der Waals surface area contributed by atoms with Crippen molar-refractivity contribution in [2.24, 2.45) is 5.92 Å². The van der Waals surface area contributed by atoms with Gasteiger partial charge < -0.3 is 10.4 Å². The first-order valence-electron chi connectivity index (χ1n) is 6.63. The van der Waals surface area contributed by atoms with Crippen molar-refractivity contribution in [3.05, 3.63) is 47.2 Å². The van der Waals surface area contributed by atoms with Gasteiger partial charge in [0.2, 0.25) is 5.91 Å². The molecule has 108 valence electrons. The molecule has 2 N–H and O–H groups in total. The van der Waals surface area contributed by atoms with Crippen LogP contribution < -0.4 is 5.32 Å². The first-order chi connectivity index (χ1) is 10.1. The lowest BCUT2D eigenvalue weighted by atomic mass is 10.1. The van der Waals surface area contributed by atoms with E-state index >= 15 is 0 Å². The topological polar surface area (TPSA) is 79.3 Å². The number of aromatic carboxylic acids is 1. The highest BCUT2D eigenvalue weighted by atomic mass is 32.1. The number of aromatic nitrogens is 1. The Morgan fingerprint density at radius 1 is 1.33 bits per heavy atom. The van der Waals surface area contributed by atoms with Crippen LogP contribution in [0.25, 0.3) is 0 Å². The molecule has 1 fully saturated rings. The molecule has 1 aromatic carbocycles. The van der Waals surface area contributed by atoms with Crippen LogP contribution in [-0.4, -0.2) is 21.4 Å². The second-order valence-electron chi connectivity index (χ2n) is 5.13. The number of hydrogen-bond donors (Lipinski definition) is 2. The molecule has 5 nitrogen and oxygen atoms in total. The number of nitrogens with zero attached hydrogens (tertiary/aromatic N) is 1. The van der Waals surface area contributed by atoms with Crippen molar-refractivity contribution >= 4 is 28.4 Å². The zero-order valence-corrected chi connectivity index (χ0v) is 12.2. The van der Waals surface area contributed by atoms with E-state index in [1.807, 2.05) is 30.3 Å². The van der Waals surface area contributed by atoms with Crippen molar-refractivity contribution in [3.63, 3.8) is 0 Å². The van der Waals surface area contributed by atoms with E-state index in [0.717, 1.165) is 23.5 Å². The van der Waals surface area contributed by atoms with Gasteiger partial charge in [0.25, 0.3) is 0 Å². The highest BCUT2D eigenvalue weighted by molar-refractivity contribution is 7.11. The third-order valence-electron chi connectivity index (χ3n) is 3.67. The van der Waals surface area contributed by atoms with Gasteiger partial charge in [-0.05, 0) is 36.4 Å². The van der Waals surface area contributed by atoms with Crippen LogP contribution >= 0.6 is 11.5 Å². The van der Waals surface area contributed by atoms with Gasteiger partial charge in [0, 0.05) is 5.92 Å². The Morgan fingerprint density at radius 2 is 2.05 bits per heavy atom. The van der Waals surface area contributed by atoms with E-state index in [2.05, 4.69) is 9.69 Å². The molecular weight excluding hydrogens is 288 g/mol. The summed E-state index contributed by atoms with van der Waals surface area (Å²) in [6.07, 6.45) is 0.802. The van der Waals surface area contributed by atoms with Gasteiger partial charge in [-0.15, -0.1) is 0 Å². The van der Waals surface area contributed by atoms with E-state index in [1.165, 1.54) is 0 Å². The summed E-state index contributed by atoms with van der Waals surface area (Å²) in [5.74, 6) is -1.05. The second kappa shape index (κ2) is 5.29. The molecule has 1 heterocycles. The number of benzene rings is 1. The Labute approximate surface area is 125 Å². The number of hydrogen-bond acceptors (Lipinski definition) is 4. The molecular formula is C15H14N2O3S. The van der Waals surface area contributed by atoms with Crippen LogP contribution in [0.15, 0.2) is 30.3 Å². The summed E-state index contributed by atoms with van der Waals surface area (Å²) in [6.45, 7) is 1.62. The van der Waals surface area contributed by atoms with Gasteiger partial charge in [-0.3, -0.25) is 4.79 Å². The largest absolute Gasteiger partial charge is 0.478 e. The fraction of sp³-hybridized carbons (Fsp3) is 0.267. The number of carboxylic acid groups (broad SMARTS) is 1. The lowest BCUT2D eigenvalue weighted by molar-refractivity contribution is -0.117. The average molecular weight is 302 g/mol. The Balaban J connectivity index is 1.70. The molecule has 2 aromatic rings. The fourth-order valence-corrected chi connectivity index (χ4v) is 3.26. The highest BCUT2D eigenvalue weighted by Gasteiger charge is 2.44. The van der Waals surface area contributed by atoms with Crippen LogP contribution in [-0.2, 0) is 4.79 Å². The monoisotopic (exact) mass is 302 g/mol. The number of nitrogens with one attached hydrogen (secondary N) is 1. The normalized spacial score (nSPS) is 20.0. The lowest BCUT2D eigenvalue weighted by Crippen LogP contribution is -2.15. The standard InChI is InChI=1S/C15H14N2O3S/c1-8-12(15(19)20)14(21-17-8)16-13(18)11-7-10(11)9-5-3-2-4-6-9/h2-6,10-11H,7H2,1H3,(H,16,18)(H,19,20). The summed E-state index contributed by atoms with van der Waals surface area (Å²) < 4.78 is 3.99. The molecule has 0 bridgehead atoms. The number of rotatable bonds is 4. The van der Waals surface area contributed by atoms with Crippen LogP contribution in [0, 0.1) is 12.8 Å². The van der Waals surface area contributed by atoms with E-state index in [1.54, 1.807) is 6.92 Å². The SMILES string of the molecule is Cc1nsc(NC(=O)C2CC2c2ccccc2)c1C(=O)O. The Hall–Kier alpha value is -2.21. The van der Waals surface area contributed by atoms with Crippen molar-refractivity contribution in [1.82, 2.24) is 4.37 Å². The first kappa shape index (κ1) is 13.8. The minimum absolute atomic E-state index is 0.0866. The van der Waals surface area contributed by atoms with E-state index in [-0.39, 0.29) is 23.3 Å². The van der Waals surface area contributed by atoms with Crippen molar-refractivity contribution in [1.29, 1.82) is 0 Å². The van der Waals surface area contributed by atoms with Crippen LogP contribution in [0.4, 0.5) is 5.00 Å². The molecule has 1 aliphatic carbocycles. The summed E-state index contributed by atoms with van der Waals surface area (Å²) in [4.78, 5) is 23.4. The molecule has 0 aliphatic heterocycles. The molecule has 21 heavy (non-hydrogen) atoms. The number of anilines is 1. The molecule has 1 aliphatic rings. The molecule has 0 radical (unpaired) electrons. The van der Waals surface area contributed by atoms with E-state index in [9.17, 15) is 9.59 Å². The molecule has 0 saturated heterocycles. The summed E-state index contributed by atoms with van der Waals surface area (Å²) in [5.41, 5.74) is 1.67. The number of aryl methyl sites for hydroxylation is 1. The van der Waals surface area contributed by atoms with Crippen molar-refractivity contribution in [3.8, 4) is 0 Å². The average Bonchev–Trinajstić information content (AvgIpc) is 3.18. The summed E-state index contributed by atoms with van der Waals surface area (Å²) in [7, 11) is 0. The number of carboxylic acids is 1. The lowest BCUT2D eigenvalue weighted by Gasteiger charge is -2.03. The zero-order valence-electron chi connectivity index (χ0n) is 11.4. The third-order valence-corrected chi connectivity index (χ3v) is 4.52. The van der Waals surface area contributed by atoms with Crippen LogP contribution in [0.1, 0.15) is 34.0 Å². The van der Waals surface area contributed by atoms with E-state index in [4.69, 9.17) is 5.11 Å². The van der Waals surface area contributed by atoms with Crippen molar-refractivity contribution in [2.45, 2.75) is 19.3 Å². The first-order valence-corrected chi connectivity index (χ1v) is 7.40. The molecule has 3 rings (SSSR count). The van der Waals surface area contributed by atoms with Gasteiger partial charge in [-0.1, -0.05) is 30.3 Å².